The Morgan fingerprint density at radius 2 is 2.31 bits per heavy atom. The molecule has 1 unspecified atom stereocenters. The smallest absolute Gasteiger partial charge is 0.0515 e. The Labute approximate surface area is 96.1 Å². The highest BCUT2D eigenvalue weighted by molar-refractivity contribution is 5.84. The molecule has 1 aliphatic heterocycles. The van der Waals surface area contributed by atoms with E-state index in [1.165, 1.54) is 41.4 Å². The second-order valence-corrected chi connectivity index (χ2v) is 4.80. The van der Waals surface area contributed by atoms with Crippen LogP contribution in [0.4, 0.5) is 0 Å². The van der Waals surface area contributed by atoms with E-state index in [1.807, 2.05) is 0 Å². The minimum atomic E-state index is 0.502. The van der Waals surface area contributed by atoms with E-state index in [1.54, 1.807) is 0 Å². The lowest BCUT2D eigenvalue weighted by Crippen LogP contribution is -2.24. The van der Waals surface area contributed by atoms with E-state index in [0.29, 0.717) is 6.04 Å². The third kappa shape index (κ3) is 1.30. The lowest BCUT2D eigenvalue weighted by molar-refractivity contribution is 0.420. The van der Waals surface area contributed by atoms with Crippen LogP contribution in [0, 0.1) is 6.92 Å². The Kier molecular flexibility index (Phi) is 2.25. The van der Waals surface area contributed by atoms with Gasteiger partial charge in [0.05, 0.1) is 5.52 Å². The van der Waals surface area contributed by atoms with Gasteiger partial charge >= 0.3 is 0 Å². The average Bonchev–Trinajstić information content (AvgIpc) is 2.68. The lowest BCUT2D eigenvalue weighted by Gasteiger charge is -2.26. The Hall–Kier alpha value is -1.28. The first kappa shape index (κ1) is 9.91. The Morgan fingerprint density at radius 3 is 3.12 bits per heavy atom. The van der Waals surface area contributed by atoms with E-state index in [9.17, 15) is 0 Å². The molecule has 0 fully saturated rings. The molecule has 1 aromatic carbocycles. The van der Waals surface area contributed by atoms with E-state index < -0.39 is 0 Å². The van der Waals surface area contributed by atoms with Gasteiger partial charge in [-0.25, -0.2) is 0 Å². The molecule has 1 aromatic heterocycles. The van der Waals surface area contributed by atoms with Crippen molar-refractivity contribution in [1.82, 2.24) is 4.57 Å². The molecule has 0 saturated heterocycles. The third-order valence-corrected chi connectivity index (χ3v) is 3.75. The second kappa shape index (κ2) is 3.63. The molecule has 0 bridgehead atoms. The van der Waals surface area contributed by atoms with Gasteiger partial charge in [-0.1, -0.05) is 18.2 Å². The van der Waals surface area contributed by atoms with Gasteiger partial charge < -0.3 is 10.3 Å². The van der Waals surface area contributed by atoms with E-state index in [0.717, 1.165) is 6.54 Å². The molecule has 2 N–H and O–H groups in total. The molecule has 0 saturated carbocycles. The quantitative estimate of drug-likeness (QED) is 0.777. The molecule has 0 aliphatic carbocycles. The zero-order valence-electron chi connectivity index (χ0n) is 9.74. The number of nitrogens with two attached hydrogens (primary N) is 1. The average molecular weight is 214 g/mol. The highest BCUT2D eigenvalue weighted by Crippen LogP contribution is 2.32. The predicted octanol–water partition coefficient (Wildman–Crippen LogP) is 2.79. The molecule has 16 heavy (non-hydrogen) atoms. The van der Waals surface area contributed by atoms with Gasteiger partial charge in [-0.15, -0.1) is 0 Å². The van der Waals surface area contributed by atoms with Crippen LogP contribution >= 0.6 is 0 Å². The zero-order chi connectivity index (χ0) is 11.1. The maximum atomic E-state index is 5.90. The number of hydrogen-bond acceptors (Lipinski definition) is 1. The van der Waals surface area contributed by atoms with Gasteiger partial charge in [0.15, 0.2) is 0 Å². The molecular formula is C14H18N2. The summed E-state index contributed by atoms with van der Waals surface area (Å²) < 4.78 is 2.48. The van der Waals surface area contributed by atoms with Crippen LogP contribution in [0.2, 0.25) is 0 Å². The van der Waals surface area contributed by atoms with Gasteiger partial charge in [0, 0.05) is 23.7 Å². The summed E-state index contributed by atoms with van der Waals surface area (Å²) >= 11 is 0. The van der Waals surface area contributed by atoms with Crippen molar-refractivity contribution < 1.29 is 0 Å². The van der Waals surface area contributed by atoms with Gasteiger partial charge in [-0.05, 0) is 37.8 Å². The fourth-order valence-electron chi connectivity index (χ4n) is 3.00. The molecule has 2 heterocycles. The maximum absolute atomic E-state index is 5.90. The maximum Gasteiger partial charge on any atom is 0.0515 e. The largest absolute Gasteiger partial charge is 0.340 e. The van der Waals surface area contributed by atoms with Crippen LogP contribution in [0.3, 0.4) is 0 Å². The van der Waals surface area contributed by atoms with Gasteiger partial charge in [-0.3, -0.25) is 0 Å². The normalized spacial score (nSPS) is 20.0. The van der Waals surface area contributed by atoms with Crippen molar-refractivity contribution in [3.8, 4) is 0 Å². The lowest BCUT2D eigenvalue weighted by atomic mass is 10.0. The highest BCUT2D eigenvalue weighted by atomic mass is 15.0. The van der Waals surface area contributed by atoms with Gasteiger partial charge in [0.1, 0.15) is 0 Å². The molecule has 2 nitrogen and oxygen atoms in total. The molecule has 3 rings (SSSR count). The van der Waals surface area contributed by atoms with Crippen LogP contribution in [0.1, 0.15) is 30.1 Å². The first-order chi connectivity index (χ1) is 7.81. The number of aryl methyl sites for hydroxylation is 2. The summed E-state index contributed by atoms with van der Waals surface area (Å²) in [6.45, 7) is 2.95. The Balaban J connectivity index is 2.32. The number of rotatable bonds is 1. The number of hydrogen-bond donors (Lipinski definition) is 1. The number of benzene rings is 1. The summed E-state index contributed by atoms with van der Waals surface area (Å²) in [5, 5.41) is 1.37. The van der Waals surface area contributed by atoms with Crippen LogP contribution in [-0.4, -0.2) is 11.1 Å². The monoisotopic (exact) mass is 214 g/mol. The van der Waals surface area contributed by atoms with Crippen LogP contribution in [0.15, 0.2) is 24.3 Å². The van der Waals surface area contributed by atoms with Crippen molar-refractivity contribution >= 4 is 10.9 Å². The van der Waals surface area contributed by atoms with Crippen LogP contribution < -0.4 is 5.73 Å². The molecule has 2 aromatic rings. The minimum absolute atomic E-state index is 0.502. The van der Waals surface area contributed by atoms with E-state index in [2.05, 4.69) is 35.8 Å². The van der Waals surface area contributed by atoms with Crippen molar-refractivity contribution in [1.29, 1.82) is 0 Å². The van der Waals surface area contributed by atoms with Crippen molar-refractivity contribution in [3.63, 3.8) is 0 Å². The van der Waals surface area contributed by atoms with E-state index in [4.69, 9.17) is 5.73 Å². The van der Waals surface area contributed by atoms with Crippen LogP contribution in [-0.2, 0) is 6.42 Å². The van der Waals surface area contributed by atoms with E-state index >= 15 is 0 Å². The van der Waals surface area contributed by atoms with Crippen molar-refractivity contribution in [2.45, 2.75) is 32.2 Å². The fraction of sp³-hybridized carbons (Fsp3) is 0.429. The molecule has 2 heteroatoms. The molecule has 1 aliphatic rings. The Morgan fingerprint density at radius 1 is 1.44 bits per heavy atom. The summed E-state index contributed by atoms with van der Waals surface area (Å²) in [5.41, 5.74) is 10.1. The number of nitrogens with zero attached hydrogens (tertiary/aromatic N) is 1. The van der Waals surface area contributed by atoms with Crippen LogP contribution in [0.25, 0.3) is 10.9 Å². The highest BCUT2D eigenvalue weighted by Gasteiger charge is 2.21. The van der Waals surface area contributed by atoms with Gasteiger partial charge in [-0.2, -0.15) is 0 Å². The second-order valence-electron chi connectivity index (χ2n) is 4.80. The molecular weight excluding hydrogens is 196 g/mol. The Bertz CT molecular complexity index is 525. The number of aromatic nitrogens is 1. The molecule has 1 atom stereocenters. The number of fused-ring (bicyclic) bond motifs is 3. The first-order valence-corrected chi connectivity index (χ1v) is 6.11. The van der Waals surface area contributed by atoms with Crippen molar-refractivity contribution in [3.05, 3.63) is 35.5 Å². The predicted molar refractivity (Wildman–Crippen MR) is 67.7 cm³/mol. The molecule has 0 spiro atoms. The van der Waals surface area contributed by atoms with Gasteiger partial charge in [0.2, 0.25) is 0 Å². The van der Waals surface area contributed by atoms with Crippen molar-refractivity contribution in [2.24, 2.45) is 5.73 Å². The SMILES string of the molecule is Cc1cccc2cc3n(c12)C(CN)CCC3. The third-order valence-electron chi connectivity index (χ3n) is 3.75. The van der Waals surface area contributed by atoms with E-state index in [-0.39, 0.29) is 0 Å². The fourth-order valence-corrected chi connectivity index (χ4v) is 3.00. The molecule has 84 valence electrons. The number of para-hydroxylation sites is 1. The summed E-state index contributed by atoms with van der Waals surface area (Å²) in [6.07, 6.45) is 3.70. The molecule has 0 radical (unpaired) electrons. The van der Waals surface area contributed by atoms with Crippen molar-refractivity contribution in [2.75, 3.05) is 6.54 Å². The first-order valence-electron chi connectivity index (χ1n) is 6.11. The molecule has 0 amide bonds. The summed E-state index contributed by atoms with van der Waals surface area (Å²) in [6, 6.07) is 9.38. The summed E-state index contributed by atoms with van der Waals surface area (Å²) in [4.78, 5) is 0. The minimum Gasteiger partial charge on any atom is -0.340 e. The zero-order valence-corrected chi connectivity index (χ0v) is 9.74. The van der Waals surface area contributed by atoms with Crippen LogP contribution in [0.5, 0.6) is 0 Å². The standard InChI is InChI=1S/C14H18N2/c1-10-4-2-5-11-8-12-6-3-7-13(9-15)16(12)14(10)11/h2,4-5,8,13H,3,6-7,9,15H2,1H3. The topological polar surface area (TPSA) is 30.9 Å². The summed E-state index contributed by atoms with van der Waals surface area (Å²) in [7, 11) is 0. The summed E-state index contributed by atoms with van der Waals surface area (Å²) in [5.74, 6) is 0. The van der Waals surface area contributed by atoms with Gasteiger partial charge in [0.25, 0.3) is 0 Å².